The van der Waals surface area contributed by atoms with Crippen LogP contribution in [0.15, 0.2) is 24.3 Å². The number of nitrogens with zero attached hydrogens (tertiary/aromatic N) is 1. The second kappa shape index (κ2) is 5.83. The van der Waals surface area contributed by atoms with Gasteiger partial charge in [0.15, 0.2) is 0 Å². The molecular weight excluding hydrogens is 254 g/mol. The van der Waals surface area contributed by atoms with Crippen molar-refractivity contribution in [2.24, 2.45) is 5.92 Å². The van der Waals surface area contributed by atoms with E-state index in [1.165, 1.54) is 31.2 Å². The van der Waals surface area contributed by atoms with Gasteiger partial charge in [0.25, 0.3) is 0 Å². The zero-order valence-corrected chi connectivity index (χ0v) is 11.6. The van der Waals surface area contributed by atoms with Gasteiger partial charge in [-0.15, -0.1) is 0 Å². The van der Waals surface area contributed by atoms with Crippen molar-refractivity contribution in [3.05, 3.63) is 29.8 Å². The normalized spacial score (nSPS) is 20.8. The second-order valence-corrected chi connectivity index (χ2v) is 5.90. The quantitative estimate of drug-likeness (QED) is 0.897. The fraction of sp³-hybridized carbons (Fsp3) is 0.562. The van der Waals surface area contributed by atoms with Crippen LogP contribution in [0.1, 0.15) is 31.2 Å². The van der Waals surface area contributed by atoms with E-state index in [0.29, 0.717) is 19.2 Å². The lowest BCUT2D eigenvalue weighted by Gasteiger charge is -2.36. The van der Waals surface area contributed by atoms with Gasteiger partial charge in [-0.25, -0.2) is 0 Å². The summed E-state index contributed by atoms with van der Waals surface area (Å²) in [6.07, 6.45) is 5.30. The maximum atomic E-state index is 10.7. The summed E-state index contributed by atoms with van der Waals surface area (Å²) in [5.41, 5.74) is 1.22. The van der Waals surface area contributed by atoms with E-state index in [9.17, 15) is 4.79 Å². The van der Waals surface area contributed by atoms with E-state index >= 15 is 0 Å². The number of carboxylic acid groups (broad SMARTS) is 1. The molecule has 0 radical (unpaired) electrons. The summed E-state index contributed by atoms with van der Waals surface area (Å²) in [5.74, 6) is 0.0919. The number of ether oxygens (including phenoxy) is 1. The topological polar surface area (TPSA) is 49.8 Å². The molecule has 1 saturated heterocycles. The van der Waals surface area contributed by atoms with Crippen molar-refractivity contribution in [1.82, 2.24) is 4.90 Å². The van der Waals surface area contributed by atoms with E-state index in [4.69, 9.17) is 9.84 Å². The van der Waals surface area contributed by atoms with Crippen LogP contribution in [0.5, 0.6) is 5.75 Å². The van der Waals surface area contributed by atoms with Crippen LogP contribution in [0.25, 0.3) is 0 Å². The number of rotatable bonds is 5. The first kappa shape index (κ1) is 13.4. The second-order valence-electron chi connectivity index (χ2n) is 5.90. The smallest absolute Gasteiger partial charge is 0.309 e. The SMILES string of the molecule is O=C(O)C1CN(Cc2ccc(OC3CCCC3)cc2)C1. The Labute approximate surface area is 119 Å². The summed E-state index contributed by atoms with van der Waals surface area (Å²) in [5, 5.41) is 8.85. The number of hydrogen-bond acceptors (Lipinski definition) is 3. The van der Waals surface area contributed by atoms with Gasteiger partial charge in [0.2, 0.25) is 0 Å². The van der Waals surface area contributed by atoms with Crippen molar-refractivity contribution in [2.75, 3.05) is 13.1 Å². The first-order valence-electron chi connectivity index (χ1n) is 7.41. The molecule has 0 spiro atoms. The van der Waals surface area contributed by atoms with Gasteiger partial charge < -0.3 is 9.84 Å². The van der Waals surface area contributed by atoms with E-state index < -0.39 is 5.97 Å². The lowest BCUT2D eigenvalue weighted by Crippen LogP contribution is -2.49. The minimum Gasteiger partial charge on any atom is -0.490 e. The molecule has 2 fully saturated rings. The van der Waals surface area contributed by atoms with Crippen molar-refractivity contribution in [2.45, 2.75) is 38.3 Å². The Morgan fingerprint density at radius 3 is 2.45 bits per heavy atom. The summed E-state index contributed by atoms with van der Waals surface area (Å²) in [7, 11) is 0. The third-order valence-corrected chi connectivity index (χ3v) is 4.24. The Hall–Kier alpha value is -1.55. The van der Waals surface area contributed by atoms with E-state index in [-0.39, 0.29) is 5.92 Å². The summed E-state index contributed by atoms with van der Waals surface area (Å²) < 4.78 is 5.93. The zero-order valence-electron chi connectivity index (χ0n) is 11.6. The van der Waals surface area contributed by atoms with Gasteiger partial charge in [0.05, 0.1) is 12.0 Å². The molecule has 4 nitrogen and oxygen atoms in total. The van der Waals surface area contributed by atoms with Crippen LogP contribution in [0, 0.1) is 5.92 Å². The molecule has 108 valence electrons. The molecule has 3 rings (SSSR count). The Balaban J connectivity index is 1.48. The van der Waals surface area contributed by atoms with Crippen LogP contribution >= 0.6 is 0 Å². The molecule has 0 atom stereocenters. The Morgan fingerprint density at radius 1 is 1.20 bits per heavy atom. The molecule has 0 bridgehead atoms. The van der Waals surface area contributed by atoms with Gasteiger partial charge in [0.1, 0.15) is 5.75 Å². The van der Waals surface area contributed by atoms with Gasteiger partial charge in [-0.1, -0.05) is 12.1 Å². The summed E-state index contributed by atoms with van der Waals surface area (Å²) in [6.45, 7) is 2.15. The molecule has 0 unspecified atom stereocenters. The number of aliphatic carboxylic acids is 1. The highest BCUT2D eigenvalue weighted by Crippen LogP contribution is 2.25. The van der Waals surface area contributed by atoms with Gasteiger partial charge in [-0.2, -0.15) is 0 Å². The predicted octanol–water partition coefficient (Wildman–Crippen LogP) is 2.52. The van der Waals surface area contributed by atoms with Gasteiger partial charge >= 0.3 is 5.97 Å². The summed E-state index contributed by atoms with van der Waals surface area (Å²) in [4.78, 5) is 12.9. The van der Waals surface area contributed by atoms with E-state index in [0.717, 1.165) is 12.3 Å². The molecule has 1 aromatic carbocycles. The maximum absolute atomic E-state index is 10.7. The molecule has 1 aliphatic carbocycles. The lowest BCUT2D eigenvalue weighted by molar-refractivity contribution is -0.147. The van der Waals surface area contributed by atoms with Crippen LogP contribution in [0.3, 0.4) is 0 Å². The predicted molar refractivity (Wildman–Crippen MR) is 75.7 cm³/mol. The van der Waals surface area contributed by atoms with Crippen LogP contribution in [0.2, 0.25) is 0 Å². The summed E-state index contributed by atoms with van der Waals surface area (Å²) in [6, 6.07) is 8.22. The van der Waals surface area contributed by atoms with Gasteiger partial charge in [-0.05, 0) is 43.4 Å². The van der Waals surface area contributed by atoms with Crippen molar-refractivity contribution in [3.63, 3.8) is 0 Å². The Kier molecular flexibility index (Phi) is 3.92. The Bertz CT molecular complexity index is 459. The average Bonchev–Trinajstić information content (AvgIpc) is 2.87. The first-order chi connectivity index (χ1) is 9.70. The number of likely N-dealkylation sites (tertiary alicyclic amines) is 1. The third-order valence-electron chi connectivity index (χ3n) is 4.24. The van der Waals surface area contributed by atoms with Crippen molar-refractivity contribution < 1.29 is 14.6 Å². The molecule has 20 heavy (non-hydrogen) atoms. The highest BCUT2D eigenvalue weighted by Gasteiger charge is 2.32. The number of hydrogen-bond donors (Lipinski definition) is 1. The minimum atomic E-state index is -0.679. The molecule has 0 aromatic heterocycles. The molecular formula is C16H21NO3. The molecule has 1 saturated carbocycles. The fourth-order valence-electron chi connectivity index (χ4n) is 2.99. The number of benzene rings is 1. The number of carboxylic acids is 1. The van der Waals surface area contributed by atoms with Crippen molar-refractivity contribution in [3.8, 4) is 5.75 Å². The highest BCUT2D eigenvalue weighted by atomic mass is 16.5. The van der Waals surface area contributed by atoms with Gasteiger partial charge in [-0.3, -0.25) is 9.69 Å². The van der Waals surface area contributed by atoms with Crippen LogP contribution in [0.4, 0.5) is 0 Å². The van der Waals surface area contributed by atoms with E-state index in [2.05, 4.69) is 17.0 Å². The molecule has 2 aliphatic rings. The maximum Gasteiger partial charge on any atom is 0.309 e. The largest absolute Gasteiger partial charge is 0.490 e. The standard InChI is InChI=1S/C16H21NO3/c18-16(19)13-10-17(11-13)9-12-5-7-15(8-6-12)20-14-3-1-2-4-14/h5-8,13-14H,1-4,9-11H2,(H,18,19). The zero-order chi connectivity index (χ0) is 13.9. The average molecular weight is 275 g/mol. The lowest BCUT2D eigenvalue weighted by atomic mass is 10.00. The molecule has 4 heteroatoms. The van der Waals surface area contributed by atoms with Crippen LogP contribution in [-0.4, -0.2) is 35.2 Å². The molecule has 1 aliphatic heterocycles. The van der Waals surface area contributed by atoms with Crippen LogP contribution in [-0.2, 0) is 11.3 Å². The molecule has 1 heterocycles. The monoisotopic (exact) mass is 275 g/mol. The number of carbonyl (C=O) groups is 1. The van der Waals surface area contributed by atoms with Crippen LogP contribution < -0.4 is 4.74 Å². The van der Waals surface area contributed by atoms with Crippen molar-refractivity contribution in [1.29, 1.82) is 0 Å². The molecule has 1 N–H and O–H groups in total. The van der Waals surface area contributed by atoms with E-state index in [1.807, 2.05) is 12.1 Å². The first-order valence-corrected chi connectivity index (χ1v) is 7.41. The van der Waals surface area contributed by atoms with Gasteiger partial charge in [0, 0.05) is 19.6 Å². The molecule has 1 aromatic rings. The Morgan fingerprint density at radius 2 is 1.85 bits per heavy atom. The molecule has 0 amide bonds. The minimum absolute atomic E-state index is 0.181. The van der Waals surface area contributed by atoms with E-state index in [1.54, 1.807) is 0 Å². The third kappa shape index (κ3) is 3.12. The fourth-order valence-corrected chi connectivity index (χ4v) is 2.99. The van der Waals surface area contributed by atoms with Crippen molar-refractivity contribution >= 4 is 5.97 Å². The highest BCUT2D eigenvalue weighted by molar-refractivity contribution is 5.71. The summed E-state index contributed by atoms with van der Waals surface area (Å²) >= 11 is 0.